The highest BCUT2D eigenvalue weighted by Crippen LogP contribution is 2.40. The van der Waals surface area contributed by atoms with Crippen molar-refractivity contribution in [1.29, 1.82) is 0 Å². The van der Waals surface area contributed by atoms with Crippen LogP contribution in [-0.4, -0.2) is 64.4 Å². The number of hydrogen-bond donors (Lipinski definition) is 2. The summed E-state index contributed by atoms with van der Waals surface area (Å²) in [4.78, 5) is 66.2. The van der Waals surface area contributed by atoms with Crippen LogP contribution in [0.25, 0.3) is 0 Å². The molecule has 1 aromatic rings. The number of β-lactam (4-membered cyclic amide) rings is 1. The Labute approximate surface area is 171 Å². The standard InChI is InChI=1S/C16H12N4O9S/c17-15(24)27-4-6-5-30-13-9-12(22)20(13)10(6)14(23)28-16(25)29-19-8(11(21)18-9)7-2-1-3-26-7/h1-3,9,13H,4-5H2,(H2,17,24)(H,18,21)/b19-8-/t9-,13+/m1/s1. The van der Waals surface area contributed by atoms with Crippen molar-refractivity contribution >= 4 is 47.5 Å². The lowest BCUT2D eigenvalue weighted by atomic mass is 10.0. The second-order valence-electron chi connectivity index (χ2n) is 6.07. The summed E-state index contributed by atoms with van der Waals surface area (Å²) in [5, 5.41) is 5.23. The summed E-state index contributed by atoms with van der Waals surface area (Å²) in [5.74, 6) is -2.56. The lowest BCUT2D eigenvalue weighted by molar-refractivity contribution is -0.151. The predicted molar refractivity (Wildman–Crippen MR) is 95.4 cm³/mol. The van der Waals surface area contributed by atoms with Gasteiger partial charge in [-0.2, -0.15) is 0 Å². The number of nitrogens with two attached hydrogens (primary N) is 1. The van der Waals surface area contributed by atoms with Crippen LogP contribution < -0.4 is 11.1 Å². The van der Waals surface area contributed by atoms with Crippen LogP contribution in [-0.2, 0) is 28.7 Å². The highest BCUT2D eigenvalue weighted by Gasteiger charge is 2.55. The summed E-state index contributed by atoms with van der Waals surface area (Å²) >= 11 is 1.21. The van der Waals surface area contributed by atoms with Gasteiger partial charge in [-0.3, -0.25) is 19.3 Å². The molecule has 1 fully saturated rings. The fraction of sp³-hybridized carbons (Fsp3) is 0.250. The number of fused-ring (bicyclic) bond motifs is 2. The SMILES string of the molecule is NC(=O)OCC1=C2C(=O)OC(=O)O/N=C(/c3ccco3)C(=O)N[C@@H]3C(=O)N2[C@H]3SC1. The van der Waals surface area contributed by atoms with E-state index in [9.17, 15) is 24.0 Å². The number of carbonyl (C=O) groups excluding carboxylic acids is 5. The molecule has 0 spiro atoms. The molecule has 3 N–H and O–H groups in total. The molecule has 1 aromatic heterocycles. The van der Waals surface area contributed by atoms with Gasteiger partial charge in [0.25, 0.3) is 11.8 Å². The minimum Gasteiger partial charge on any atom is -0.462 e. The first-order valence-corrected chi connectivity index (χ1v) is 9.36. The Kier molecular flexibility index (Phi) is 4.91. The minimum absolute atomic E-state index is 0.0323. The summed E-state index contributed by atoms with van der Waals surface area (Å²) in [6.07, 6.45) is -1.36. The number of furan rings is 1. The Bertz CT molecular complexity index is 1020. The molecule has 156 valence electrons. The van der Waals surface area contributed by atoms with Gasteiger partial charge in [-0.25, -0.2) is 14.4 Å². The third-order valence-corrected chi connectivity index (χ3v) is 5.61. The summed E-state index contributed by atoms with van der Waals surface area (Å²) in [6.45, 7) is -0.393. The molecule has 30 heavy (non-hydrogen) atoms. The first kappa shape index (κ1) is 19.5. The second kappa shape index (κ2) is 7.55. The number of hydrogen-bond acceptors (Lipinski definition) is 11. The topological polar surface area (TPSA) is 180 Å². The van der Waals surface area contributed by atoms with E-state index < -0.39 is 53.8 Å². The Morgan fingerprint density at radius 3 is 2.87 bits per heavy atom. The normalized spacial score (nSPS) is 25.6. The Hall–Kier alpha value is -3.81. The van der Waals surface area contributed by atoms with Crippen molar-refractivity contribution in [3.8, 4) is 0 Å². The van der Waals surface area contributed by atoms with E-state index in [2.05, 4.69) is 20.0 Å². The average molecular weight is 436 g/mol. The van der Waals surface area contributed by atoms with Gasteiger partial charge in [0.1, 0.15) is 23.7 Å². The first-order chi connectivity index (χ1) is 14.4. The molecule has 2 atom stereocenters. The van der Waals surface area contributed by atoms with E-state index >= 15 is 0 Å². The van der Waals surface area contributed by atoms with Crippen LogP contribution in [0.5, 0.6) is 0 Å². The maximum atomic E-state index is 12.7. The van der Waals surface area contributed by atoms with Crippen LogP contribution in [0, 0.1) is 0 Å². The fourth-order valence-corrected chi connectivity index (χ4v) is 4.32. The number of nitrogens with one attached hydrogen (secondary N) is 1. The van der Waals surface area contributed by atoms with Crippen LogP contribution in [0.15, 0.2) is 39.2 Å². The molecule has 0 radical (unpaired) electrons. The number of nitrogens with zero attached hydrogens (tertiary/aromatic N) is 2. The fourth-order valence-electron chi connectivity index (χ4n) is 2.99. The summed E-state index contributed by atoms with van der Waals surface area (Å²) in [7, 11) is 0. The van der Waals surface area contributed by atoms with Gasteiger partial charge < -0.3 is 24.9 Å². The third-order valence-electron chi connectivity index (χ3n) is 4.27. The molecule has 0 unspecified atom stereocenters. The molecule has 3 aliphatic rings. The number of thioether (sulfide) groups is 1. The van der Waals surface area contributed by atoms with Crippen LogP contribution in [0.3, 0.4) is 0 Å². The molecule has 14 heteroatoms. The van der Waals surface area contributed by atoms with Gasteiger partial charge in [0, 0.05) is 11.3 Å². The maximum Gasteiger partial charge on any atom is 0.543 e. The summed E-state index contributed by atoms with van der Waals surface area (Å²) in [6, 6.07) is 1.88. The highest BCUT2D eigenvalue weighted by atomic mass is 32.2. The van der Waals surface area contributed by atoms with Gasteiger partial charge in [0.05, 0.1) is 6.26 Å². The predicted octanol–water partition coefficient (Wildman–Crippen LogP) is -0.574. The zero-order valence-electron chi connectivity index (χ0n) is 14.9. The number of cyclic esters (lactones) is 2. The van der Waals surface area contributed by atoms with Crippen molar-refractivity contribution < 1.29 is 42.7 Å². The number of primary amides is 1. The quantitative estimate of drug-likeness (QED) is 0.269. The number of amides is 3. The molecule has 3 amide bonds. The summed E-state index contributed by atoms with van der Waals surface area (Å²) in [5.41, 5.74) is 4.42. The second-order valence-corrected chi connectivity index (χ2v) is 7.17. The van der Waals surface area contributed by atoms with Crippen LogP contribution in [0.4, 0.5) is 9.59 Å². The van der Waals surface area contributed by atoms with Crippen molar-refractivity contribution in [2.75, 3.05) is 12.4 Å². The van der Waals surface area contributed by atoms with Gasteiger partial charge in [-0.05, 0) is 12.1 Å². The molecule has 4 rings (SSSR count). The van der Waals surface area contributed by atoms with E-state index in [0.717, 1.165) is 4.90 Å². The van der Waals surface area contributed by atoms with E-state index in [1.165, 1.54) is 30.2 Å². The minimum atomic E-state index is -1.54. The number of rotatable bonds is 3. The number of oxime groups is 1. The molecule has 3 aliphatic heterocycles. The molecule has 2 bridgehead atoms. The molecule has 0 aliphatic carbocycles. The Balaban J connectivity index is 1.71. The van der Waals surface area contributed by atoms with E-state index in [1.807, 2.05) is 0 Å². The number of ether oxygens (including phenoxy) is 2. The smallest absolute Gasteiger partial charge is 0.462 e. The molecule has 4 heterocycles. The maximum absolute atomic E-state index is 12.7. The van der Waals surface area contributed by atoms with Gasteiger partial charge in [-0.15, -0.1) is 11.8 Å². The zero-order chi connectivity index (χ0) is 21.4. The first-order valence-electron chi connectivity index (χ1n) is 8.31. The van der Waals surface area contributed by atoms with Crippen molar-refractivity contribution in [1.82, 2.24) is 10.2 Å². The summed E-state index contributed by atoms with van der Waals surface area (Å²) < 4.78 is 14.4. The Morgan fingerprint density at radius 1 is 1.37 bits per heavy atom. The highest BCUT2D eigenvalue weighted by molar-refractivity contribution is 8.00. The van der Waals surface area contributed by atoms with E-state index in [-0.39, 0.29) is 22.8 Å². The number of esters is 1. The monoisotopic (exact) mass is 436 g/mol. The lowest BCUT2D eigenvalue weighted by Gasteiger charge is -2.49. The molecule has 1 saturated heterocycles. The van der Waals surface area contributed by atoms with Gasteiger partial charge in [0.2, 0.25) is 5.71 Å². The van der Waals surface area contributed by atoms with Crippen LogP contribution >= 0.6 is 11.8 Å². The number of carbonyl (C=O) groups is 5. The molecule has 13 nitrogen and oxygen atoms in total. The third kappa shape index (κ3) is 3.36. The lowest BCUT2D eigenvalue weighted by Crippen LogP contribution is -2.71. The Morgan fingerprint density at radius 2 is 2.17 bits per heavy atom. The van der Waals surface area contributed by atoms with Crippen molar-refractivity contribution in [3.05, 3.63) is 35.4 Å². The molecular weight excluding hydrogens is 424 g/mol. The van der Waals surface area contributed by atoms with E-state index in [0.29, 0.717) is 0 Å². The molecular formula is C16H12N4O9S. The van der Waals surface area contributed by atoms with Gasteiger partial charge >= 0.3 is 18.2 Å². The average Bonchev–Trinajstić information content (AvgIpc) is 3.23. The van der Waals surface area contributed by atoms with Crippen molar-refractivity contribution in [2.45, 2.75) is 11.4 Å². The van der Waals surface area contributed by atoms with Crippen LogP contribution in [0.1, 0.15) is 5.76 Å². The molecule has 0 saturated carbocycles. The molecule has 0 aromatic carbocycles. The largest absolute Gasteiger partial charge is 0.543 e. The zero-order valence-corrected chi connectivity index (χ0v) is 15.7. The van der Waals surface area contributed by atoms with Crippen LogP contribution in [0.2, 0.25) is 0 Å². The van der Waals surface area contributed by atoms with Gasteiger partial charge in [-0.1, -0.05) is 5.16 Å². The van der Waals surface area contributed by atoms with Gasteiger partial charge in [0.15, 0.2) is 5.76 Å². The van der Waals surface area contributed by atoms with Crippen molar-refractivity contribution in [3.63, 3.8) is 0 Å². The van der Waals surface area contributed by atoms with E-state index in [1.54, 1.807) is 0 Å². The van der Waals surface area contributed by atoms with E-state index in [4.69, 9.17) is 14.9 Å². The van der Waals surface area contributed by atoms with Crippen molar-refractivity contribution in [2.24, 2.45) is 10.9 Å².